The number of aliphatic imine (C=N–C) groups is 1. The Morgan fingerprint density at radius 3 is 2.58 bits per heavy atom. The first-order valence-electron chi connectivity index (χ1n) is 16.9. The van der Waals surface area contributed by atoms with Crippen LogP contribution in [0.25, 0.3) is 0 Å². The number of nitrogens with zero attached hydrogens (tertiary/aromatic N) is 3. The lowest BCUT2D eigenvalue weighted by Gasteiger charge is -2.46. The molecule has 0 amide bonds. The van der Waals surface area contributed by atoms with Crippen molar-refractivity contribution < 1.29 is 29.6 Å². The number of fused-ring (bicyclic) bond motifs is 6. The number of aliphatic hydroxyl groups excluding tert-OH is 2. The van der Waals surface area contributed by atoms with Gasteiger partial charge in [-0.2, -0.15) is 0 Å². The van der Waals surface area contributed by atoms with Gasteiger partial charge in [0.05, 0.1) is 18.9 Å². The molecule has 45 heavy (non-hydrogen) atoms. The first kappa shape index (κ1) is 33.7. The highest BCUT2D eigenvalue weighted by molar-refractivity contribution is 5.77. The van der Waals surface area contributed by atoms with E-state index < -0.39 is 18.3 Å². The molecule has 7 N–H and O–H groups in total. The van der Waals surface area contributed by atoms with Crippen LogP contribution in [0.15, 0.2) is 23.2 Å². The summed E-state index contributed by atoms with van der Waals surface area (Å²) >= 11 is 0. The third-order valence-corrected chi connectivity index (χ3v) is 9.81. The maximum atomic E-state index is 11.9. The van der Waals surface area contributed by atoms with Crippen molar-refractivity contribution in [2.45, 2.75) is 82.7 Å². The zero-order valence-electron chi connectivity index (χ0n) is 26.8. The van der Waals surface area contributed by atoms with E-state index >= 15 is 0 Å². The van der Waals surface area contributed by atoms with Gasteiger partial charge in [0, 0.05) is 58.5 Å². The number of aryl methyl sites for hydroxylation is 1. The van der Waals surface area contributed by atoms with Crippen LogP contribution in [0.2, 0.25) is 0 Å². The molecule has 12 nitrogen and oxygen atoms in total. The summed E-state index contributed by atoms with van der Waals surface area (Å²) in [6, 6.07) is 5.36. The van der Waals surface area contributed by atoms with Crippen molar-refractivity contribution in [3.63, 3.8) is 0 Å². The van der Waals surface area contributed by atoms with Crippen molar-refractivity contribution in [1.82, 2.24) is 20.4 Å². The zero-order chi connectivity index (χ0) is 31.8. The zero-order valence-corrected chi connectivity index (χ0v) is 26.8. The number of aromatic hydroxyl groups is 1. The maximum Gasteiger partial charge on any atom is 0.302 e. The molecule has 6 rings (SSSR count). The van der Waals surface area contributed by atoms with E-state index in [2.05, 4.69) is 25.4 Å². The Hall–Kier alpha value is -2.64. The molecule has 5 aliphatic heterocycles. The first-order chi connectivity index (χ1) is 21.7. The average Bonchev–Trinajstić information content (AvgIpc) is 3.00. The minimum absolute atomic E-state index is 0.0687. The number of phenols is 1. The van der Waals surface area contributed by atoms with E-state index in [1.54, 1.807) is 6.07 Å². The summed E-state index contributed by atoms with van der Waals surface area (Å²) in [5, 5.41) is 39.3. The second-order valence-corrected chi connectivity index (χ2v) is 13.7. The number of hydrogen-bond acceptors (Lipinski definition) is 12. The molecule has 0 aliphatic carbocycles. The van der Waals surface area contributed by atoms with E-state index in [1.807, 2.05) is 12.1 Å². The topological polar surface area (TPSA) is 165 Å². The SMILES string of the molecule is CC(=O)OC(CCc1ccc(O)c(OC2CCNCC2)c1)CC(O)CCC1CNC(N)=NCN2CC3CC(C2)CN(C3)CC1O. The van der Waals surface area contributed by atoms with Crippen molar-refractivity contribution in [2.75, 3.05) is 59.0 Å². The highest BCUT2D eigenvalue weighted by Crippen LogP contribution is 2.31. The Kier molecular flexibility index (Phi) is 12.2. The van der Waals surface area contributed by atoms with Gasteiger partial charge in [0.2, 0.25) is 0 Å². The summed E-state index contributed by atoms with van der Waals surface area (Å²) in [6.45, 7) is 8.86. The summed E-state index contributed by atoms with van der Waals surface area (Å²) in [6.07, 6.45) is 3.87. The minimum atomic E-state index is -0.699. The van der Waals surface area contributed by atoms with E-state index in [1.165, 1.54) is 13.3 Å². The van der Waals surface area contributed by atoms with Gasteiger partial charge in [-0.05, 0) is 87.6 Å². The van der Waals surface area contributed by atoms with Crippen molar-refractivity contribution in [1.29, 1.82) is 0 Å². The third-order valence-electron chi connectivity index (χ3n) is 9.81. The van der Waals surface area contributed by atoms with Gasteiger partial charge in [-0.25, -0.2) is 4.99 Å². The molecule has 6 atom stereocenters. The Morgan fingerprint density at radius 1 is 1.11 bits per heavy atom. The number of carbonyl (C=O) groups excluding carboxylic acids is 1. The molecule has 3 saturated heterocycles. The Bertz CT molecular complexity index is 1120. The molecule has 0 spiro atoms. The van der Waals surface area contributed by atoms with Crippen LogP contribution in [0, 0.1) is 17.8 Å². The maximum absolute atomic E-state index is 11.9. The lowest BCUT2D eigenvalue weighted by molar-refractivity contribution is -0.148. The summed E-state index contributed by atoms with van der Waals surface area (Å²) in [5.74, 6) is 1.65. The molecule has 5 aliphatic rings. The quantitative estimate of drug-likeness (QED) is 0.194. The van der Waals surface area contributed by atoms with Gasteiger partial charge in [-0.15, -0.1) is 0 Å². The number of hydrogen-bond donors (Lipinski definition) is 6. The van der Waals surface area contributed by atoms with E-state index in [-0.39, 0.29) is 23.7 Å². The number of aliphatic hydroxyl groups is 2. The third kappa shape index (κ3) is 10.4. The number of nitrogens with two attached hydrogens (primary N) is 1. The second-order valence-electron chi connectivity index (χ2n) is 13.7. The molecular formula is C33H54N6O6. The van der Waals surface area contributed by atoms with Crippen LogP contribution >= 0.6 is 0 Å². The number of ether oxygens (including phenoxy) is 2. The van der Waals surface area contributed by atoms with Gasteiger partial charge in [-0.1, -0.05) is 6.07 Å². The standard InChI is InChI=1S/C33H54N6O6/c1-22(40)44-29(6-2-23-3-7-30(42)32(13-23)45-28-8-10-35-11-9-28)14-27(41)5-4-26-15-36-33(34)37-21-39-18-24-12-25(19-39)17-38(16-24)20-31(26)43/h3,7,13,24-29,31,35,41-43H,2,4-6,8-12,14-21H2,1H3,(H3,34,36,37). The van der Waals surface area contributed by atoms with Gasteiger partial charge in [0.25, 0.3) is 0 Å². The molecule has 12 heteroatoms. The molecule has 252 valence electrons. The number of rotatable bonds is 11. The van der Waals surface area contributed by atoms with Crippen molar-refractivity contribution >= 4 is 11.9 Å². The molecule has 1 aromatic carbocycles. The largest absolute Gasteiger partial charge is 0.504 e. The number of piperidine rings is 3. The lowest BCUT2D eigenvalue weighted by Crippen LogP contribution is -2.54. The van der Waals surface area contributed by atoms with Gasteiger partial charge < -0.3 is 46.1 Å². The fraction of sp³-hybridized carbons (Fsp3) is 0.758. The normalized spacial score (nSPS) is 30.6. The van der Waals surface area contributed by atoms with E-state index in [0.29, 0.717) is 75.4 Å². The van der Waals surface area contributed by atoms with Crippen molar-refractivity contribution in [3.05, 3.63) is 23.8 Å². The smallest absolute Gasteiger partial charge is 0.302 e. The number of nitrogens with one attached hydrogen (secondary N) is 2. The van der Waals surface area contributed by atoms with Crippen LogP contribution in [0.1, 0.15) is 57.4 Å². The lowest BCUT2D eigenvalue weighted by atomic mass is 9.84. The van der Waals surface area contributed by atoms with Crippen LogP contribution in [-0.4, -0.2) is 120 Å². The number of benzene rings is 1. The van der Waals surface area contributed by atoms with Gasteiger partial charge >= 0.3 is 5.97 Å². The van der Waals surface area contributed by atoms with Crippen LogP contribution in [0.5, 0.6) is 11.5 Å². The average molecular weight is 631 g/mol. The fourth-order valence-corrected chi connectivity index (χ4v) is 7.59. The molecule has 5 heterocycles. The number of esters is 1. The van der Waals surface area contributed by atoms with Crippen LogP contribution in [-0.2, 0) is 16.0 Å². The Balaban J connectivity index is 1.15. The molecular weight excluding hydrogens is 576 g/mol. The summed E-state index contributed by atoms with van der Waals surface area (Å²) < 4.78 is 11.7. The molecule has 0 saturated carbocycles. The second kappa shape index (κ2) is 16.3. The van der Waals surface area contributed by atoms with Gasteiger partial charge in [-0.3, -0.25) is 9.69 Å². The predicted molar refractivity (Wildman–Crippen MR) is 172 cm³/mol. The fourth-order valence-electron chi connectivity index (χ4n) is 7.59. The molecule has 4 bridgehead atoms. The monoisotopic (exact) mass is 630 g/mol. The molecule has 0 aromatic heterocycles. The molecule has 1 aromatic rings. The Morgan fingerprint density at radius 2 is 1.84 bits per heavy atom. The highest BCUT2D eigenvalue weighted by atomic mass is 16.5. The van der Waals surface area contributed by atoms with Crippen LogP contribution < -0.4 is 21.1 Å². The number of guanidine groups is 1. The molecule has 3 fully saturated rings. The number of phenolic OH excluding ortho intramolecular Hbond substituents is 1. The minimum Gasteiger partial charge on any atom is -0.504 e. The van der Waals surface area contributed by atoms with Crippen molar-refractivity contribution in [2.24, 2.45) is 28.5 Å². The van der Waals surface area contributed by atoms with E-state index in [0.717, 1.165) is 57.7 Å². The Labute approximate surface area is 267 Å². The van der Waals surface area contributed by atoms with Crippen molar-refractivity contribution in [3.8, 4) is 11.5 Å². The van der Waals surface area contributed by atoms with Crippen LogP contribution in [0.3, 0.4) is 0 Å². The predicted octanol–water partition coefficient (Wildman–Crippen LogP) is 1.02. The molecule has 0 radical (unpaired) electrons. The summed E-state index contributed by atoms with van der Waals surface area (Å²) in [5.41, 5.74) is 7.16. The molecule has 6 unspecified atom stereocenters. The summed E-state index contributed by atoms with van der Waals surface area (Å²) in [4.78, 5) is 21.3. The van der Waals surface area contributed by atoms with E-state index in [4.69, 9.17) is 15.2 Å². The number of carbonyl (C=O) groups is 1. The summed E-state index contributed by atoms with van der Waals surface area (Å²) in [7, 11) is 0. The first-order valence-corrected chi connectivity index (χ1v) is 16.9. The van der Waals surface area contributed by atoms with Gasteiger partial charge in [0.15, 0.2) is 17.5 Å². The van der Waals surface area contributed by atoms with Crippen LogP contribution in [0.4, 0.5) is 0 Å². The van der Waals surface area contributed by atoms with Gasteiger partial charge in [0.1, 0.15) is 12.2 Å². The highest BCUT2D eigenvalue weighted by Gasteiger charge is 2.36. The van der Waals surface area contributed by atoms with E-state index in [9.17, 15) is 20.1 Å².